The number of pyridine rings is 1. The molecule has 0 radical (unpaired) electrons. The normalized spacial score (nSPS) is 13.4. The lowest BCUT2D eigenvalue weighted by Crippen LogP contribution is -2.10. The molecular formula is C10H12BrN3. The summed E-state index contributed by atoms with van der Waals surface area (Å²) in [5.74, 6) is 0.333. The van der Waals surface area contributed by atoms with E-state index in [-0.39, 0.29) is 0 Å². The Morgan fingerprint density at radius 1 is 1.57 bits per heavy atom. The SMILES string of the molecule is CC(CN)c1cnc2ccc(Br)cn12. The number of halogens is 1. The molecule has 4 heteroatoms. The standard InChI is InChI=1S/C10H12BrN3/c1-7(4-12)9-5-13-10-3-2-8(11)6-14(9)10/h2-3,5-7H,4,12H2,1H3. The molecule has 2 heterocycles. The van der Waals surface area contributed by atoms with Crippen LogP contribution in [0, 0.1) is 0 Å². The fourth-order valence-electron chi connectivity index (χ4n) is 1.46. The van der Waals surface area contributed by atoms with Crippen molar-refractivity contribution >= 4 is 21.6 Å². The van der Waals surface area contributed by atoms with E-state index in [1.165, 1.54) is 0 Å². The molecule has 2 N–H and O–H groups in total. The Bertz CT molecular complexity index is 450. The van der Waals surface area contributed by atoms with Crippen LogP contribution in [-0.4, -0.2) is 15.9 Å². The molecule has 0 bridgehead atoms. The van der Waals surface area contributed by atoms with Crippen LogP contribution in [-0.2, 0) is 0 Å². The van der Waals surface area contributed by atoms with Crippen molar-refractivity contribution in [3.05, 3.63) is 34.7 Å². The summed E-state index contributed by atoms with van der Waals surface area (Å²) in [7, 11) is 0. The van der Waals surface area contributed by atoms with E-state index in [0.29, 0.717) is 12.5 Å². The Hall–Kier alpha value is -0.870. The molecule has 0 amide bonds. The molecule has 0 fully saturated rings. The minimum Gasteiger partial charge on any atom is -0.330 e. The molecule has 0 aromatic carbocycles. The van der Waals surface area contributed by atoms with Gasteiger partial charge in [-0.15, -0.1) is 0 Å². The molecule has 0 aliphatic heterocycles. The summed E-state index contributed by atoms with van der Waals surface area (Å²) < 4.78 is 3.12. The van der Waals surface area contributed by atoms with E-state index >= 15 is 0 Å². The van der Waals surface area contributed by atoms with E-state index < -0.39 is 0 Å². The highest BCUT2D eigenvalue weighted by molar-refractivity contribution is 9.10. The fraction of sp³-hybridized carbons (Fsp3) is 0.300. The van der Waals surface area contributed by atoms with Gasteiger partial charge in [-0.3, -0.25) is 0 Å². The first-order valence-corrected chi connectivity index (χ1v) is 5.34. The molecule has 2 rings (SSSR count). The number of imidazole rings is 1. The van der Waals surface area contributed by atoms with Crippen LogP contribution >= 0.6 is 15.9 Å². The first kappa shape index (κ1) is 9.68. The lowest BCUT2D eigenvalue weighted by atomic mass is 10.1. The lowest BCUT2D eigenvalue weighted by Gasteiger charge is -2.07. The van der Waals surface area contributed by atoms with Gasteiger partial charge in [0.05, 0.1) is 0 Å². The molecule has 2 aromatic heterocycles. The number of nitrogens with zero attached hydrogens (tertiary/aromatic N) is 2. The topological polar surface area (TPSA) is 43.3 Å². The van der Waals surface area contributed by atoms with Gasteiger partial charge in [-0.05, 0) is 28.1 Å². The molecule has 0 spiro atoms. The third kappa shape index (κ3) is 1.55. The van der Waals surface area contributed by atoms with Gasteiger partial charge in [0.25, 0.3) is 0 Å². The third-order valence-corrected chi connectivity index (χ3v) is 2.83. The summed E-state index contributed by atoms with van der Waals surface area (Å²) in [5.41, 5.74) is 7.76. The summed E-state index contributed by atoms with van der Waals surface area (Å²) in [6.07, 6.45) is 3.91. The zero-order chi connectivity index (χ0) is 10.1. The highest BCUT2D eigenvalue weighted by atomic mass is 79.9. The average molecular weight is 254 g/mol. The van der Waals surface area contributed by atoms with Crippen molar-refractivity contribution in [1.82, 2.24) is 9.38 Å². The van der Waals surface area contributed by atoms with E-state index in [0.717, 1.165) is 15.8 Å². The van der Waals surface area contributed by atoms with Crippen LogP contribution in [0.2, 0.25) is 0 Å². The monoisotopic (exact) mass is 253 g/mol. The van der Waals surface area contributed by atoms with Gasteiger partial charge < -0.3 is 10.1 Å². The Morgan fingerprint density at radius 3 is 3.07 bits per heavy atom. The first-order valence-electron chi connectivity index (χ1n) is 4.55. The maximum absolute atomic E-state index is 5.64. The number of nitrogens with two attached hydrogens (primary N) is 1. The van der Waals surface area contributed by atoms with Crippen LogP contribution in [0.4, 0.5) is 0 Å². The Balaban J connectivity index is 2.61. The number of hydrogen-bond donors (Lipinski definition) is 1. The van der Waals surface area contributed by atoms with E-state index in [2.05, 4.69) is 32.2 Å². The van der Waals surface area contributed by atoms with Crippen LogP contribution in [0.5, 0.6) is 0 Å². The van der Waals surface area contributed by atoms with Crippen molar-refractivity contribution in [1.29, 1.82) is 0 Å². The summed E-state index contributed by atoms with van der Waals surface area (Å²) in [6, 6.07) is 3.97. The average Bonchev–Trinajstić information content (AvgIpc) is 2.59. The molecule has 0 aliphatic rings. The van der Waals surface area contributed by atoms with E-state index in [4.69, 9.17) is 5.73 Å². The Labute approximate surface area is 91.1 Å². The largest absolute Gasteiger partial charge is 0.330 e. The Kier molecular flexibility index (Phi) is 2.56. The molecule has 1 unspecified atom stereocenters. The molecule has 14 heavy (non-hydrogen) atoms. The predicted molar refractivity (Wildman–Crippen MR) is 60.4 cm³/mol. The number of aromatic nitrogens is 2. The second-order valence-electron chi connectivity index (χ2n) is 3.40. The lowest BCUT2D eigenvalue weighted by molar-refractivity contribution is 0.736. The summed E-state index contributed by atoms with van der Waals surface area (Å²) in [4.78, 5) is 4.32. The third-order valence-electron chi connectivity index (χ3n) is 2.36. The minimum atomic E-state index is 0.333. The summed E-state index contributed by atoms with van der Waals surface area (Å²) in [6.45, 7) is 2.74. The molecule has 3 nitrogen and oxygen atoms in total. The van der Waals surface area contributed by atoms with Crippen molar-refractivity contribution in [2.75, 3.05) is 6.54 Å². The summed E-state index contributed by atoms with van der Waals surface area (Å²) in [5, 5.41) is 0. The molecule has 74 valence electrons. The van der Waals surface area contributed by atoms with Crippen molar-refractivity contribution in [3.63, 3.8) is 0 Å². The van der Waals surface area contributed by atoms with Crippen molar-refractivity contribution in [2.24, 2.45) is 5.73 Å². The van der Waals surface area contributed by atoms with Crippen molar-refractivity contribution in [3.8, 4) is 0 Å². The van der Waals surface area contributed by atoms with Gasteiger partial charge in [0.1, 0.15) is 5.65 Å². The molecular weight excluding hydrogens is 242 g/mol. The van der Waals surface area contributed by atoms with Gasteiger partial charge in [-0.1, -0.05) is 6.92 Å². The number of fused-ring (bicyclic) bond motifs is 1. The smallest absolute Gasteiger partial charge is 0.136 e. The molecule has 0 aliphatic carbocycles. The van der Waals surface area contributed by atoms with Crippen molar-refractivity contribution in [2.45, 2.75) is 12.8 Å². The van der Waals surface area contributed by atoms with E-state index in [9.17, 15) is 0 Å². The van der Waals surface area contributed by atoms with E-state index in [1.807, 2.05) is 24.5 Å². The first-order chi connectivity index (χ1) is 6.72. The van der Waals surface area contributed by atoms with Crippen LogP contribution < -0.4 is 5.73 Å². The van der Waals surface area contributed by atoms with Crippen LogP contribution in [0.3, 0.4) is 0 Å². The van der Waals surface area contributed by atoms with Gasteiger partial charge in [-0.25, -0.2) is 4.98 Å². The second-order valence-corrected chi connectivity index (χ2v) is 4.31. The highest BCUT2D eigenvalue weighted by Gasteiger charge is 2.09. The predicted octanol–water partition coefficient (Wildman–Crippen LogP) is 2.16. The maximum atomic E-state index is 5.64. The van der Waals surface area contributed by atoms with E-state index in [1.54, 1.807) is 0 Å². The maximum Gasteiger partial charge on any atom is 0.136 e. The molecule has 0 saturated heterocycles. The van der Waals surface area contributed by atoms with Crippen LogP contribution in [0.1, 0.15) is 18.5 Å². The Morgan fingerprint density at radius 2 is 2.36 bits per heavy atom. The zero-order valence-electron chi connectivity index (χ0n) is 7.94. The zero-order valence-corrected chi connectivity index (χ0v) is 9.53. The van der Waals surface area contributed by atoms with Gasteiger partial charge in [0, 0.05) is 35.0 Å². The second kappa shape index (κ2) is 3.71. The molecule has 0 saturated carbocycles. The number of rotatable bonds is 2. The van der Waals surface area contributed by atoms with Crippen molar-refractivity contribution < 1.29 is 0 Å². The number of hydrogen-bond acceptors (Lipinski definition) is 2. The summed E-state index contributed by atoms with van der Waals surface area (Å²) >= 11 is 3.44. The van der Waals surface area contributed by atoms with Gasteiger partial charge in [-0.2, -0.15) is 0 Å². The molecule has 1 atom stereocenters. The van der Waals surface area contributed by atoms with Crippen LogP contribution in [0.25, 0.3) is 5.65 Å². The minimum absolute atomic E-state index is 0.333. The quantitative estimate of drug-likeness (QED) is 0.892. The highest BCUT2D eigenvalue weighted by Crippen LogP contribution is 2.18. The van der Waals surface area contributed by atoms with Gasteiger partial charge in [0.2, 0.25) is 0 Å². The molecule has 2 aromatic rings. The van der Waals surface area contributed by atoms with Crippen LogP contribution in [0.15, 0.2) is 29.0 Å². The fourth-order valence-corrected chi connectivity index (χ4v) is 1.80. The van der Waals surface area contributed by atoms with Gasteiger partial charge >= 0.3 is 0 Å². The van der Waals surface area contributed by atoms with Gasteiger partial charge in [0.15, 0.2) is 0 Å².